The summed E-state index contributed by atoms with van der Waals surface area (Å²) in [5.41, 5.74) is 0.813. The van der Waals surface area contributed by atoms with E-state index in [0.717, 1.165) is 4.70 Å². The van der Waals surface area contributed by atoms with E-state index >= 15 is 0 Å². The maximum absolute atomic E-state index is 11.9. The van der Waals surface area contributed by atoms with Crippen molar-refractivity contribution in [3.05, 3.63) is 35.5 Å². The fraction of sp³-hybridized carbons (Fsp3) is 0.250. The second-order valence-electron chi connectivity index (χ2n) is 5.57. The van der Waals surface area contributed by atoms with Crippen LogP contribution in [0, 0.1) is 0 Å². The van der Waals surface area contributed by atoms with Gasteiger partial charge in [-0.15, -0.1) is 0 Å². The Morgan fingerprint density at radius 2 is 1.96 bits per heavy atom. The lowest BCUT2D eigenvalue weighted by Crippen LogP contribution is -2.42. The van der Waals surface area contributed by atoms with E-state index in [1.807, 2.05) is 0 Å². The fourth-order valence-electron chi connectivity index (χ4n) is 2.14. The minimum absolute atomic E-state index is 0.256. The van der Waals surface area contributed by atoms with Crippen molar-refractivity contribution in [1.29, 1.82) is 0 Å². The van der Waals surface area contributed by atoms with Crippen LogP contribution in [0.25, 0.3) is 10.2 Å². The van der Waals surface area contributed by atoms with E-state index in [1.54, 1.807) is 18.2 Å². The van der Waals surface area contributed by atoms with E-state index in [1.165, 1.54) is 38.5 Å². The van der Waals surface area contributed by atoms with Gasteiger partial charge in [-0.2, -0.15) is 0 Å². The molecule has 3 rings (SSSR count). The number of nitrogens with one attached hydrogen (secondary N) is 1. The first-order chi connectivity index (χ1) is 11.8. The van der Waals surface area contributed by atoms with Crippen molar-refractivity contribution >= 4 is 44.6 Å². The molecule has 25 heavy (non-hydrogen) atoms. The summed E-state index contributed by atoms with van der Waals surface area (Å²) in [6.45, 7) is 2.94. The molecule has 1 saturated heterocycles. The van der Waals surface area contributed by atoms with E-state index in [4.69, 9.17) is 9.47 Å². The molecular formula is C16H14N2O6S. The Balaban J connectivity index is 1.82. The van der Waals surface area contributed by atoms with Crippen LogP contribution in [-0.2, 0) is 23.8 Å². The molecule has 1 N–H and O–H groups in total. The van der Waals surface area contributed by atoms with Gasteiger partial charge in [-0.1, -0.05) is 11.3 Å². The van der Waals surface area contributed by atoms with Gasteiger partial charge in [0, 0.05) is 20.0 Å². The van der Waals surface area contributed by atoms with Crippen molar-refractivity contribution in [2.45, 2.75) is 19.6 Å². The second kappa shape index (κ2) is 6.17. The van der Waals surface area contributed by atoms with Crippen LogP contribution >= 0.6 is 11.3 Å². The van der Waals surface area contributed by atoms with Gasteiger partial charge in [0.2, 0.25) is 0 Å². The van der Waals surface area contributed by atoms with E-state index in [-0.39, 0.29) is 5.57 Å². The largest absolute Gasteiger partial charge is 0.465 e. The molecule has 1 aromatic heterocycles. The standard InChI is InChI=1S/C16H14N2O6S/c1-16(2)23-13(20)9(14(21)24-16)7-17-15-18-10-5-4-8(12(19)22-3)6-11(10)25-15/h4-7H,1-3H3,(H,17,18). The number of carbonyl (C=O) groups excluding carboxylic acids is 3. The molecule has 8 nitrogen and oxygen atoms in total. The monoisotopic (exact) mass is 362 g/mol. The molecule has 0 spiro atoms. The Bertz CT molecular complexity index is 892. The lowest BCUT2D eigenvalue weighted by molar-refractivity contribution is -0.222. The molecule has 0 unspecified atom stereocenters. The van der Waals surface area contributed by atoms with Gasteiger partial charge in [-0.3, -0.25) is 0 Å². The molecule has 0 aliphatic carbocycles. The van der Waals surface area contributed by atoms with E-state index < -0.39 is 23.7 Å². The molecule has 0 radical (unpaired) electrons. The number of cyclic esters (lactones) is 2. The SMILES string of the molecule is COC(=O)c1ccc2nc(NC=C3C(=O)OC(C)(C)OC3=O)sc2c1. The molecule has 0 saturated carbocycles. The van der Waals surface area contributed by atoms with Gasteiger partial charge in [0.05, 0.1) is 22.9 Å². The highest BCUT2D eigenvalue weighted by atomic mass is 32.1. The molecule has 1 aliphatic rings. The van der Waals surface area contributed by atoms with Gasteiger partial charge in [-0.25, -0.2) is 19.4 Å². The first-order valence-electron chi connectivity index (χ1n) is 7.21. The number of hydrogen-bond acceptors (Lipinski definition) is 9. The molecule has 0 atom stereocenters. The van der Waals surface area contributed by atoms with Gasteiger partial charge in [0.15, 0.2) is 10.7 Å². The highest BCUT2D eigenvalue weighted by Crippen LogP contribution is 2.28. The summed E-state index contributed by atoms with van der Waals surface area (Å²) >= 11 is 1.25. The third kappa shape index (κ3) is 3.45. The average molecular weight is 362 g/mol. The van der Waals surface area contributed by atoms with Gasteiger partial charge < -0.3 is 19.5 Å². The maximum Gasteiger partial charge on any atom is 0.350 e. The quantitative estimate of drug-likeness (QED) is 0.503. The predicted octanol–water partition coefficient (Wildman–Crippen LogP) is 2.21. The number of nitrogens with zero attached hydrogens (tertiary/aromatic N) is 1. The first-order valence-corrected chi connectivity index (χ1v) is 8.03. The number of thiazole rings is 1. The second-order valence-corrected chi connectivity index (χ2v) is 6.60. The lowest BCUT2D eigenvalue weighted by Gasteiger charge is -2.29. The van der Waals surface area contributed by atoms with Crippen LogP contribution in [-0.4, -0.2) is 35.8 Å². The van der Waals surface area contributed by atoms with Gasteiger partial charge in [-0.05, 0) is 18.2 Å². The summed E-state index contributed by atoms with van der Waals surface area (Å²) in [6, 6.07) is 4.94. The summed E-state index contributed by atoms with van der Waals surface area (Å²) in [7, 11) is 1.31. The number of benzene rings is 1. The number of methoxy groups -OCH3 is 1. The molecule has 1 fully saturated rings. The topological polar surface area (TPSA) is 104 Å². The van der Waals surface area contributed by atoms with E-state index in [2.05, 4.69) is 15.0 Å². The zero-order valence-electron chi connectivity index (χ0n) is 13.6. The molecule has 0 bridgehead atoms. The van der Waals surface area contributed by atoms with Crippen LogP contribution in [0.2, 0.25) is 0 Å². The minimum atomic E-state index is -1.29. The molecule has 9 heteroatoms. The van der Waals surface area contributed by atoms with Gasteiger partial charge in [0.1, 0.15) is 0 Å². The number of fused-ring (bicyclic) bond motifs is 1. The number of ether oxygens (including phenoxy) is 3. The zero-order valence-corrected chi connectivity index (χ0v) is 14.4. The Hall–Kier alpha value is -2.94. The van der Waals surface area contributed by atoms with Crippen molar-refractivity contribution in [3.63, 3.8) is 0 Å². The first kappa shape index (κ1) is 16.9. The van der Waals surface area contributed by atoms with Crippen molar-refractivity contribution in [1.82, 2.24) is 4.98 Å². The van der Waals surface area contributed by atoms with Crippen LogP contribution in [0.4, 0.5) is 5.13 Å². The Morgan fingerprint density at radius 1 is 1.28 bits per heavy atom. The highest BCUT2D eigenvalue weighted by Gasteiger charge is 2.39. The minimum Gasteiger partial charge on any atom is -0.465 e. The molecule has 2 aromatic rings. The average Bonchev–Trinajstić information content (AvgIpc) is 2.93. The van der Waals surface area contributed by atoms with Gasteiger partial charge in [0.25, 0.3) is 5.79 Å². The Morgan fingerprint density at radius 3 is 2.60 bits per heavy atom. The third-order valence-corrected chi connectivity index (χ3v) is 4.22. The van der Waals surface area contributed by atoms with Crippen molar-refractivity contribution in [2.75, 3.05) is 12.4 Å². The molecular weight excluding hydrogens is 348 g/mol. The zero-order chi connectivity index (χ0) is 18.2. The normalized spacial score (nSPS) is 16.2. The lowest BCUT2D eigenvalue weighted by atomic mass is 10.2. The number of rotatable bonds is 3. The summed E-state index contributed by atoms with van der Waals surface area (Å²) in [4.78, 5) is 39.6. The summed E-state index contributed by atoms with van der Waals surface area (Å²) in [5, 5.41) is 3.22. The van der Waals surface area contributed by atoms with Crippen LogP contribution in [0.15, 0.2) is 30.0 Å². The van der Waals surface area contributed by atoms with E-state index in [0.29, 0.717) is 16.2 Å². The van der Waals surface area contributed by atoms with Crippen molar-refractivity contribution < 1.29 is 28.6 Å². The molecule has 1 aliphatic heterocycles. The fourth-order valence-corrected chi connectivity index (χ4v) is 3.02. The number of hydrogen-bond donors (Lipinski definition) is 1. The number of esters is 3. The molecule has 0 amide bonds. The van der Waals surface area contributed by atoms with Crippen LogP contribution in [0.1, 0.15) is 24.2 Å². The number of carbonyl (C=O) groups is 3. The Labute approximate surface area is 146 Å². The van der Waals surface area contributed by atoms with Crippen LogP contribution in [0.5, 0.6) is 0 Å². The number of aromatic nitrogens is 1. The van der Waals surface area contributed by atoms with E-state index in [9.17, 15) is 14.4 Å². The summed E-state index contributed by atoms with van der Waals surface area (Å²) < 4.78 is 15.4. The Kier molecular flexibility index (Phi) is 4.17. The smallest absolute Gasteiger partial charge is 0.350 e. The predicted molar refractivity (Wildman–Crippen MR) is 88.9 cm³/mol. The number of anilines is 1. The summed E-state index contributed by atoms with van der Waals surface area (Å²) in [6.07, 6.45) is 1.19. The van der Waals surface area contributed by atoms with Gasteiger partial charge >= 0.3 is 17.9 Å². The molecule has 2 heterocycles. The van der Waals surface area contributed by atoms with Crippen molar-refractivity contribution in [3.8, 4) is 0 Å². The maximum atomic E-state index is 11.9. The molecule has 1 aromatic carbocycles. The van der Waals surface area contributed by atoms with Crippen LogP contribution < -0.4 is 5.32 Å². The molecule has 130 valence electrons. The summed E-state index contributed by atoms with van der Waals surface area (Å²) in [5.74, 6) is -3.28. The third-order valence-electron chi connectivity index (χ3n) is 3.27. The van der Waals surface area contributed by atoms with Crippen molar-refractivity contribution in [2.24, 2.45) is 0 Å². The highest BCUT2D eigenvalue weighted by molar-refractivity contribution is 7.22. The van der Waals surface area contributed by atoms with Crippen LogP contribution in [0.3, 0.4) is 0 Å².